The van der Waals surface area contributed by atoms with Crippen LogP contribution in [0.5, 0.6) is 0 Å². The molecule has 2 nitrogen and oxygen atoms in total. The molecule has 2 fully saturated rings. The van der Waals surface area contributed by atoms with Crippen LogP contribution in [0.1, 0.15) is 47.2 Å². The second-order valence-electron chi connectivity index (χ2n) is 5.74. The first-order valence-electron chi connectivity index (χ1n) is 6.91. The number of carbonyl (C=O) groups is 1. The molecular weight excluding hydrogens is 224 g/mol. The number of fused-ring (bicyclic) bond motifs is 2. The van der Waals surface area contributed by atoms with Gasteiger partial charge in [-0.05, 0) is 50.7 Å². The summed E-state index contributed by atoms with van der Waals surface area (Å²) < 4.78 is 5.82. The third kappa shape index (κ3) is 1.99. The fourth-order valence-corrected chi connectivity index (χ4v) is 3.31. The molecule has 0 saturated carbocycles. The monoisotopic (exact) mass is 244 g/mol. The largest absolute Gasteiger partial charge is 0.375 e. The van der Waals surface area contributed by atoms with Crippen LogP contribution < -0.4 is 0 Å². The first-order chi connectivity index (χ1) is 8.65. The maximum atomic E-state index is 12.6. The fourth-order valence-electron chi connectivity index (χ4n) is 3.31. The van der Waals surface area contributed by atoms with Crippen LogP contribution in [-0.4, -0.2) is 18.0 Å². The Balaban J connectivity index is 1.84. The molecule has 0 aromatic heterocycles. The van der Waals surface area contributed by atoms with Crippen LogP contribution >= 0.6 is 0 Å². The number of benzene rings is 1. The SMILES string of the molecule is Cc1cccc(C(=O)C2CC3CCC(C2)O3)c1C. The van der Waals surface area contributed by atoms with E-state index in [1.54, 1.807) is 0 Å². The van der Waals surface area contributed by atoms with Gasteiger partial charge in [-0.1, -0.05) is 18.2 Å². The maximum Gasteiger partial charge on any atom is 0.166 e. The first-order valence-corrected chi connectivity index (χ1v) is 6.91. The van der Waals surface area contributed by atoms with Gasteiger partial charge in [0.2, 0.25) is 0 Å². The Morgan fingerprint density at radius 3 is 2.50 bits per heavy atom. The van der Waals surface area contributed by atoms with E-state index in [1.165, 1.54) is 5.56 Å². The Morgan fingerprint density at radius 1 is 1.17 bits per heavy atom. The van der Waals surface area contributed by atoms with Gasteiger partial charge in [0.1, 0.15) is 0 Å². The van der Waals surface area contributed by atoms with E-state index in [0.717, 1.165) is 36.8 Å². The summed E-state index contributed by atoms with van der Waals surface area (Å²) >= 11 is 0. The van der Waals surface area contributed by atoms with Crippen LogP contribution in [0, 0.1) is 19.8 Å². The quantitative estimate of drug-likeness (QED) is 0.745. The predicted molar refractivity (Wildman–Crippen MR) is 70.9 cm³/mol. The summed E-state index contributed by atoms with van der Waals surface area (Å²) in [5.41, 5.74) is 3.26. The molecule has 1 aromatic carbocycles. The molecule has 2 saturated heterocycles. The Morgan fingerprint density at radius 2 is 1.83 bits per heavy atom. The van der Waals surface area contributed by atoms with Gasteiger partial charge in [-0.3, -0.25) is 4.79 Å². The minimum Gasteiger partial charge on any atom is -0.375 e. The summed E-state index contributed by atoms with van der Waals surface area (Å²) in [6, 6.07) is 6.03. The van der Waals surface area contributed by atoms with Gasteiger partial charge >= 0.3 is 0 Å². The van der Waals surface area contributed by atoms with Gasteiger partial charge < -0.3 is 4.74 Å². The van der Waals surface area contributed by atoms with E-state index < -0.39 is 0 Å². The van der Waals surface area contributed by atoms with Crippen molar-refractivity contribution in [3.05, 3.63) is 34.9 Å². The molecule has 3 rings (SSSR count). The van der Waals surface area contributed by atoms with Crippen LogP contribution in [0.2, 0.25) is 0 Å². The van der Waals surface area contributed by atoms with E-state index in [9.17, 15) is 4.79 Å². The molecular formula is C16H20O2. The van der Waals surface area contributed by atoms with E-state index in [2.05, 4.69) is 19.9 Å². The predicted octanol–water partition coefficient (Wildman–Crippen LogP) is 3.44. The number of hydrogen-bond acceptors (Lipinski definition) is 2. The van der Waals surface area contributed by atoms with Gasteiger partial charge in [0, 0.05) is 11.5 Å². The second kappa shape index (κ2) is 4.51. The Bertz CT molecular complexity index is 466. The zero-order valence-corrected chi connectivity index (χ0v) is 11.1. The minimum absolute atomic E-state index is 0.178. The number of aryl methyl sites for hydroxylation is 1. The second-order valence-corrected chi connectivity index (χ2v) is 5.74. The normalized spacial score (nSPS) is 30.4. The van der Waals surface area contributed by atoms with Crippen molar-refractivity contribution < 1.29 is 9.53 Å². The van der Waals surface area contributed by atoms with E-state index in [0.29, 0.717) is 18.0 Å². The summed E-state index contributed by atoms with van der Waals surface area (Å²) in [5, 5.41) is 0. The lowest BCUT2D eigenvalue weighted by Crippen LogP contribution is -2.30. The molecule has 0 aliphatic carbocycles. The van der Waals surface area contributed by atoms with Crippen molar-refractivity contribution in [3.63, 3.8) is 0 Å². The molecule has 18 heavy (non-hydrogen) atoms. The molecule has 0 N–H and O–H groups in total. The number of carbonyl (C=O) groups excluding carboxylic acids is 1. The third-order valence-corrected chi connectivity index (χ3v) is 4.53. The third-order valence-electron chi connectivity index (χ3n) is 4.53. The maximum absolute atomic E-state index is 12.6. The summed E-state index contributed by atoms with van der Waals surface area (Å²) in [7, 11) is 0. The average molecular weight is 244 g/mol. The topological polar surface area (TPSA) is 26.3 Å². The summed E-state index contributed by atoms with van der Waals surface area (Å²) in [5.74, 6) is 0.508. The number of ketones is 1. The van der Waals surface area contributed by atoms with Crippen molar-refractivity contribution in [1.29, 1.82) is 0 Å². The number of hydrogen-bond donors (Lipinski definition) is 0. The molecule has 2 aliphatic rings. The van der Waals surface area contributed by atoms with Crippen molar-refractivity contribution in [3.8, 4) is 0 Å². The van der Waals surface area contributed by atoms with Crippen molar-refractivity contribution >= 4 is 5.78 Å². The van der Waals surface area contributed by atoms with Crippen molar-refractivity contribution in [2.24, 2.45) is 5.92 Å². The summed E-state index contributed by atoms with van der Waals surface area (Å²) in [6.45, 7) is 4.12. The summed E-state index contributed by atoms with van der Waals surface area (Å²) in [6.07, 6.45) is 4.79. The Hall–Kier alpha value is -1.15. The van der Waals surface area contributed by atoms with Crippen molar-refractivity contribution in [2.45, 2.75) is 51.7 Å². The van der Waals surface area contributed by atoms with E-state index in [1.807, 2.05) is 12.1 Å². The molecule has 2 unspecified atom stereocenters. The molecule has 0 spiro atoms. The molecule has 0 amide bonds. The van der Waals surface area contributed by atoms with Gasteiger partial charge in [-0.25, -0.2) is 0 Å². The van der Waals surface area contributed by atoms with Crippen LogP contribution in [0.4, 0.5) is 0 Å². The number of Topliss-reactive ketones (excluding diaryl/α,β-unsaturated/α-hetero) is 1. The van der Waals surface area contributed by atoms with E-state index >= 15 is 0 Å². The highest BCUT2D eigenvalue weighted by Crippen LogP contribution is 2.37. The fraction of sp³-hybridized carbons (Fsp3) is 0.562. The van der Waals surface area contributed by atoms with Gasteiger partial charge in [0.05, 0.1) is 12.2 Å². The lowest BCUT2D eigenvalue weighted by molar-refractivity contribution is -0.0149. The zero-order valence-electron chi connectivity index (χ0n) is 11.1. The lowest BCUT2D eigenvalue weighted by atomic mass is 9.86. The first kappa shape index (κ1) is 11.9. The summed E-state index contributed by atoms with van der Waals surface area (Å²) in [4.78, 5) is 12.6. The van der Waals surface area contributed by atoms with Gasteiger partial charge in [-0.15, -0.1) is 0 Å². The molecule has 0 radical (unpaired) electrons. The van der Waals surface area contributed by atoms with Crippen molar-refractivity contribution in [1.82, 2.24) is 0 Å². The van der Waals surface area contributed by atoms with Gasteiger partial charge in [0.15, 0.2) is 5.78 Å². The number of ether oxygens (including phenoxy) is 1. The van der Waals surface area contributed by atoms with E-state index in [-0.39, 0.29) is 5.92 Å². The number of rotatable bonds is 2. The molecule has 2 heterocycles. The van der Waals surface area contributed by atoms with E-state index in [4.69, 9.17) is 4.74 Å². The molecule has 2 aliphatic heterocycles. The zero-order chi connectivity index (χ0) is 12.7. The average Bonchev–Trinajstić information content (AvgIpc) is 2.71. The van der Waals surface area contributed by atoms with Crippen molar-refractivity contribution in [2.75, 3.05) is 0 Å². The highest BCUT2D eigenvalue weighted by molar-refractivity contribution is 5.99. The molecule has 2 heteroatoms. The molecule has 2 atom stereocenters. The highest BCUT2D eigenvalue weighted by atomic mass is 16.5. The Kier molecular flexibility index (Phi) is 2.98. The van der Waals surface area contributed by atoms with Crippen LogP contribution in [0.3, 0.4) is 0 Å². The Labute approximate surface area is 108 Å². The van der Waals surface area contributed by atoms with Crippen LogP contribution in [-0.2, 0) is 4.74 Å². The van der Waals surface area contributed by atoms with Gasteiger partial charge in [-0.2, -0.15) is 0 Å². The molecule has 2 bridgehead atoms. The smallest absolute Gasteiger partial charge is 0.166 e. The molecule has 1 aromatic rings. The van der Waals surface area contributed by atoms with Crippen LogP contribution in [0.25, 0.3) is 0 Å². The lowest BCUT2D eigenvalue weighted by Gasteiger charge is -2.27. The van der Waals surface area contributed by atoms with Crippen LogP contribution in [0.15, 0.2) is 18.2 Å². The standard InChI is InChI=1S/C16H20O2/c1-10-4-3-5-15(11(10)2)16(17)12-8-13-6-7-14(9-12)18-13/h3-5,12-14H,6-9H2,1-2H3. The highest BCUT2D eigenvalue weighted by Gasteiger charge is 2.38. The van der Waals surface area contributed by atoms with Gasteiger partial charge in [0.25, 0.3) is 0 Å². The minimum atomic E-state index is 0.178. The molecule has 96 valence electrons.